The van der Waals surface area contributed by atoms with Gasteiger partial charge in [0.1, 0.15) is 5.75 Å². The van der Waals surface area contributed by atoms with Crippen LogP contribution in [0.15, 0.2) is 42.5 Å². The van der Waals surface area contributed by atoms with Crippen molar-refractivity contribution in [2.24, 2.45) is 0 Å². The Hall–Kier alpha value is -2.16. The predicted molar refractivity (Wildman–Crippen MR) is 77.7 cm³/mol. The molecule has 1 atom stereocenters. The molecule has 0 saturated carbocycles. The van der Waals surface area contributed by atoms with Crippen LogP contribution in [0.3, 0.4) is 0 Å². The SMILES string of the molecule is CCC(c1ccc(OC)cc1)c1ccc2c(c1)OCO2. The average Bonchev–Trinajstić information content (AvgIpc) is 2.96. The molecule has 0 aliphatic carbocycles. The monoisotopic (exact) mass is 270 g/mol. The highest BCUT2D eigenvalue weighted by atomic mass is 16.7. The van der Waals surface area contributed by atoms with Crippen LogP contribution in [0.5, 0.6) is 17.2 Å². The second-order valence-electron chi connectivity index (χ2n) is 4.85. The molecule has 3 rings (SSSR count). The fraction of sp³-hybridized carbons (Fsp3) is 0.294. The van der Waals surface area contributed by atoms with Gasteiger partial charge in [0.2, 0.25) is 6.79 Å². The maximum Gasteiger partial charge on any atom is 0.231 e. The van der Waals surface area contributed by atoms with Crippen LogP contribution >= 0.6 is 0 Å². The van der Waals surface area contributed by atoms with Crippen LogP contribution < -0.4 is 14.2 Å². The molecule has 0 fully saturated rings. The van der Waals surface area contributed by atoms with E-state index in [1.54, 1.807) is 7.11 Å². The van der Waals surface area contributed by atoms with Crippen molar-refractivity contribution in [3.05, 3.63) is 53.6 Å². The first-order valence-electron chi connectivity index (χ1n) is 6.85. The second kappa shape index (κ2) is 5.45. The van der Waals surface area contributed by atoms with Crippen LogP contribution in [0.4, 0.5) is 0 Å². The molecule has 104 valence electrons. The molecule has 2 aromatic carbocycles. The van der Waals surface area contributed by atoms with Crippen molar-refractivity contribution in [1.82, 2.24) is 0 Å². The summed E-state index contributed by atoms with van der Waals surface area (Å²) < 4.78 is 16.0. The first kappa shape index (κ1) is 12.9. The molecule has 0 aromatic heterocycles. The lowest BCUT2D eigenvalue weighted by Crippen LogP contribution is -2.00. The molecule has 1 aliphatic rings. The van der Waals surface area contributed by atoms with Gasteiger partial charge in [0.25, 0.3) is 0 Å². The largest absolute Gasteiger partial charge is 0.497 e. The predicted octanol–water partition coefficient (Wildman–Crippen LogP) is 3.97. The summed E-state index contributed by atoms with van der Waals surface area (Å²) in [5, 5.41) is 0. The summed E-state index contributed by atoms with van der Waals surface area (Å²) in [6.07, 6.45) is 1.03. The summed E-state index contributed by atoms with van der Waals surface area (Å²) in [6, 6.07) is 14.4. The Kier molecular flexibility index (Phi) is 3.50. The van der Waals surface area contributed by atoms with Gasteiger partial charge in [-0.2, -0.15) is 0 Å². The highest BCUT2D eigenvalue weighted by Crippen LogP contribution is 2.37. The Morgan fingerprint density at radius 2 is 1.70 bits per heavy atom. The molecule has 20 heavy (non-hydrogen) atoms. The van der Waals surface area contributed by atoms with Crippen LogP contribution in [-0.4, -0.2) is 13.9 Å². The molecule has 1 heterocycles. The summed E-state index contributed by atoms with van der Waals surface area (Å²) in [6.45, 7) is 2.51. The average molecular weight is 270 g/mol. The molecular weight excluding hydrogens is 252 g/mol. The van der Waals surface area contributed by atoms with Crippen molar-refractivity contribution in [2.45, 2.75) is 19.3 Å². The number of hydrogen-bond acceptors (Lipinski definition) is 3. The molecule has 0 N–H and O–H groups in total. The highest BCUT2D eigenvalue weighted by molar-refractivity contribution is 5.47. The van der Waals surface area contributed by atoms with Gasteiger partial charge >= 0.3 is 0 Å². The van der Waals surface area contributed by atoms with Gasteiger partial charge in [-0.15, -0.1) is 0 Å². The van der Waals surface area contributed by atoms with Gasteiger partial charge in [0.15, 0.2) is 11.5 Å². The summed E-state index contributed by atoms with van der Waals surface area (Å²) in [5.74, 6) is 2.91. The molecule has 3 nitrogen and oxygen atoms in total. The highest BCUT2D eigenvalue weighted by Gasteiger charge is 2.18. The van der Waals surface area contributed by atoms with Gasteiger partial charge < -0.3 is 14.2 Å². The van der Waals surface area contributed by atoms with E-state index in [0.717, 1.165) is 23.7 Å². The van der Waals surface area contributed by atoms with Crippen LogP contribution in [0.25, 0.3) is 0 Å². The quantitative estimate of drug-likeness (QED) is 0.841. The molecule has 0 saturated heterocycles. The third kappa shape index (κ3) is 2.31. The van der Waals surface area contributed by atoms with E-state index in [0.29, 0.717) is 12.7 Å². The van der Waals surface area contributed by atoms with E-state index in [1.807, 2.05) is 18.2 Å². The van der Waals surface area contributed by atoms with Crippen molar-refractivity contribution < 1.29 is 14.2 Å². The smallest absolute Gasteiger partial charge is 0.231 e. The minimum atomic E-state index is 0.318. The Labute approximate surface area is 119 Å². The number of benzene rings is 2. The van der Waals surface area contributed by atoms with Crippen molar-refractivity contribution in [2.75, 3.05) is 13.9 Å². The van der Waals surface area contributed by atoms with Crippen LogP contribution in [0, 0.1) is 0 Å². The van der Waals surface area contributed by atoms with E-state index in [9.17, 15) is 0 Å². The molecule has 0 spiro atoms. The zero-order chi connectivity index (χ0) is 13.9. The third-order valence-corrected chi connectivity index (χ3v) is 3.73. The van der Waals surface area contributed by atoms with Gasteiger partial charge in [-0.05, 0) is 41.8 Å². The van der Waals surface area contributed by atoms with E-state index in [-0.39, 0.29) is 0 Å². The molecule has 0 radical (unpaired) electrons. The van der Waals surface area contributed by atoms with E-state index < -0.39 is 0 Å². The summed E-state index contributed by atoms with van der Waals surface area (Å²) in [7, 11) is 1.68. The van der Waals surface area contributed by atoms with Crippen LogP contribution in [-0.2, 0) is 0 Å². The third-order valence-electron chi connectivity index (χ3n) is 3.73. The molecule has 0 bridgehead atoms. The Balaban J connectivity index is 1.92. The normalized spacial score (nSPS) is 14.1. The lowest BCUT2D eigenvalue weighted by atomic mass is 9.89. The summed E-state index contributed by atoms with van der Waals surface area (Å²) >= 11 is 0. The van der Waals surface area contributed by atoms with Crippen LogP contribution in [0.1, 0.15) is 30.4 Å². The first-order valence-corrected chi connectivity index (χ1v) is 6.85. The van der Waals surface area contributed by atoms with Crippen molar-refractivity contribution in [3.8, 4) is 17.2 Å². The van der Waals surface area contributed by atoms with Crippen molar-refractivity contribution in [3.63, 3.8) is 0 Å². The zero-order valence-corrected chi connectivity index (χ0v) is 11.8. The van der Waals surface area contributed by atoms with Gasteiger partial charge in [-0.1, -0.05) is 25.1 Å². The number of rotatable bonds is 4. The number of ether oxygens (including phenoxy) is 3. The van der Waals surface area contributed by atoms with Gasteiger partial charge in [-0.3, -0.25) is 0 Å². The maximum absolute atomic E-state index is 5.46. The van der Waals surface area contributed by atoms with Gasteiger partial charge in [0, 0.05) is 5.92 Å². The minimum Gasteiger partial charge on any atom is -0.497 e. The summed E-state index contributed by atoms with van der Waals surface area (Å²) in [4.78, 5) is 0. The number of methoxy groups -OCH3 is 1. The maximum atomic E-state index is 5.46. The lowest BCUT2D eigenvalue weighted by Gasteiger charge is -2.16. The topological polar surface area (TPSA) is 27.7 Å². The fourth-order valence-corrected chi connectivity index (χ4v) is 2.63. The van der Waals surface area contributed by atoms with Crippen molar-refractivity contribution >= 4 is 0 Å². The van der Waals surface area contributed by atoms with Gasteiger partial charge in [-0.25, -0.2) is 0 Å². The van der Waals surface area contributed by atoms with E-state index in [1.165, 1.54) is 11.1 Å². The Morgan fingerprint density at radius 3 is 2.40 bits per heavy atom. The molecule has 2 aromatic rings. The first-order chi connectivity index (χ1) is 9.81. The zero-order valence-electron chi connectivity index (χ0n) is 11.8. The van der Waals surface area contributed by atoms with E-state index >= 15 is 0 Å². The fourth-order valence-electron chi connectivity index (χ4n) is 2.63. The van der Waals surface area contributed by atoms with E-state index in [2.05, 4.69) is 31.2 Å². The molecule has 1 aliphatic heterocycles. The summed E-state index contributed by atoms with van der Waals surface area (Å²) in [5.41, 5.74) is 2.54. The Morgan fingerprint density at radius 1 is 1.00 bits per heavy atom. The minimum absolute atomic E-state index is 0.318. The number of hydrogen-bond donors (Lipinski definition) is 0. The van der Waals surface area contributed by atoms with E-state index in [4.69, 9.17) is 14.2 Å². The molecule has 3 heteroatoms. The standard InChI is InChI=1S/C17H18O3/c1-3-15(12-4-7-14(18-2)8-5-12)13-6-9-16-17(10-13)20-11-19-16/h4-10,15H,3,11H2,1-2H3. The Bertz CT molecular complexity index is 590. The van der Waals surface area contributed by atoms with Crippen molar-refractivity contribution in [1.29, 1.82) is 0 Å². The van der Waals surface area contributed by atoms with Crippen LogP contribution in [0.2, 0.25) is 0 Å². The lowest BCUT2D eigenvalue weighted by molar-refractivity contribution is 0.174. The molecule has 0 amide bonds. The molecule has 1 unspecified atom stereocenters. The second-order valence-corrected chi connectivity index (χ2v) is 4.85. The van der Waals surface area contributed by atoms with Gasteiger partial charge in [0.05, 0.1) is 7.11 Å². The molecular formula is C17H18O3. The number of fused-ring (bicyclic) bond motifs is 1.